The molecule has 1 aliphatic rings. The van der Waals surface area contributed by atoms with E-state index in [-0.39, 0.29) is 11.9 Å². The van der Waals surface area contributed by atoms with Gasteiger partial charge in [-0.05, 0) is 49.4 Å². The molecule has 0 bridgehead atoms. The third-order valence-electron chi connectivity index (χ3n) is 4.46. The summed E-state index contributed by atoms with van der Waals surface area (Å²) >= 11 is 6.27. The van der Waals surface area contributed by atoms with Crippen molar-refractivity contribution in [3.8, 4) is 11.5 Å². The summed E-state index contributed by atoms with van der Waals surface area (Å²) in [6.07, 6.45) is 3.06. The number of halogens is 1. The summed E-state index contributed by atoms with van der Waals surface area (Å²) in [6, 6.07) is 11.6. The maximum Gasteiger partial charge on any atom is 0.251 e. The number of ether oxygens (including phenoxy) is 2. The van der Waals surface area contributed by atoms with Gasteiger partial charge in [-0.25, -0.2) is 0 Å². The van der Waals surface area contributed by atoms with Crippen molar-refractivity contribution in [1.29, 1.82) is 0 Å². The molecule has 4 nitrogen and oxygen atoms in total. The number of carbonyl (C=O) groups excluding carboxylic acids is 1. The highest BCUT2D eigenvalue weighted by Gasteiger charge is 2.23. The van der Waals surface area contributed by atoms with Gasteiger partial charge in [0.25, 0.3) is 5.91 Å². The van der Waals surface area contributed by atoms with Gasteiger partial charge in [-0.3, -0.25) is 4.79 Å². The molecule has 1 aliphatic carbocycles. The number of nitrogens with one attached hydrogen (secondary N) is 1. The Balaban J connectivity index is 1.84. The monoisotopic (exact) mass is 359 g/mol. The van der Waals surface area contributed by atoms with Gasteiger partial charge in [0, 0.05) is 5.56 Å². The fraction of sp³-hybridized carbons (Fsp3) is 0.350. The second kappa shape index (κ2) is 7.79. The van der Waals surface area contributed by atoms with Crippen molar-refractivity contribution in [2.75, 3.05) is 13.7 Å². The zero-order valence-corrected chi connectivity index (χ0v) is 15.2. The van der Waals surface area contributed by atoms with Gasteiger partial charge < -0.3 is 14.8 Å². The number of amides is 1. The van der Waals surface area contributed by atoms with Crippen LogP contribution in [-0.2, 0) is 6.42 Å². The van der Waals surface area contributed by atoms with E-state index in [2.05, 4.69) is 17.4 Å². The Kier molecular flexibility index (Phi) is 5.49. The van der Waals surface area contributed by atoms with E-state index in [1.165, 1.54) is 18.2 Å². The van der Waals surface area contributed by atoms with Crippen molar-refractivity contribution in [2.24, 2.45) is 0 Å². The van der Waals surface area contributed by atoms with Gasteiger partial charge in [0.05, 0.1) is 24.8 Å². The number of methoxy groups -OCH3 is 1. The third-order valence-corrected chi connectivity index (χ3v) is 4.74. The molecule has 2 aromatic carbocycles. The lowest BCUT2D eigenvalue weighted by atomic mass is 9.87. The largest absolute Gasteiger partial charge is 0.493 e. The number of benzene rings is 2. The van der Waals surface area contributed by atoms with Crippen LogP contribution in [0.4, 0.5) is 0 Å². The van der Waals surface area contributed by atoms with E-state index in [1.807, 2.05) is 19.1 Å². The molecule has 0 spiro atoms. The van der Waals surface area contributed by atoms with Crippen molar-refractivity contribution in [1.82, 2.24) is 5.32 Å². The molecule has 25 heavy (non-hydrogen) atoms. The highest BCUT2D eigenvalue weighted by Crippen LogP contribution is 2.37. The van der Waals surface area contributed by atoms with Gasteiger partial charge >= 0.3 is 0 Å². The van der Waals surface area contributed by atoms with Crippen LogP contribution in [0, 0.1) is 0 Å². The minimum atomic E-state index is -0.162. The normalized spacial score (nSPS) is 16.0. The molecule has 0 heterocycles. The van der Waals surface area contributed by atoms with E-state index in [4.69, 9.17) is 21.1 Å². The van der Waals surface area contributed by atoms with Crippen molar-refractivity contribution in [3.63, 3.8) is 0 Å². The van der Waals surface area contributed by atoms with Crippen molar-refractivity contribution in [2.45, 2.75) is 32.2 Å². The van der Waals surface area contributed by atoms with Crippen LogP contribution in [0.1, 0.15) is 47.3 Å². The van der Waals surface area contributed by atoms with Gasteiger partial charge in [-0.2, -0.15) is 0 Å². The Hall–Kier alpha value is -2.20. The number of rotatable bonds is 5. The average molecular weight is 360 g/mol. The highest BCUT2D eigenvalue weighted by atomic mass is 35.5. The molecule has 3 rings (SSSR count). The van der Waals surface area contributed by atoms with E-state index in [0.717, 1.165) is 19.3 Å². The molecule has 2 aromatic rings. The van der Waals surface area contributed by atoms with Crippen LogP contribution in [0.3, 0.4) is 0 Å². The first-order valence-corrected chi connectivity index (χ1v) is 8.90. The average Bonchev–Trinajstić information content (AvgIpc) is 2.63. The summed E-state index contributed by atoms with van der Waals surface area (Å²) in [7, 11) is 1.53. The van der Waals surface area contributed by atoms with E-state index in [9.17, 15) is 4.79 Å². The quantitative estimate of drug-likeness (QED) is 0.851. The van der Waals surface area contributed by atoms with E-state index in [1.54, 1.807) is 12.1 Å². The van der Waals surface area contributed by atoms with Crippen LogP contribution in [0.5, 0.6) is 11.5 Å². The first kappa shape index (κ1) is 17.6. The molecule has 0 aromatic heterocycles. The minimum absolute atomic E-state index is 0.0220. The number of hydrogen-bond acceptors (Lipinski definition) is 3. The molecule has 1 atom stereocenters. The highest BCUT2D eigenvalue weighted by molar-refractivity contribution is 6.32. The van der Waals surface area contributed by atoms with Crippen LogP contribution in [-0.4, -0.2) is 19.6 Å². The van der Waals surface area contributed by atoms with E-state index < -0.39 is 0 Å². The van der Waals surface area contributed by atoms with Crippen LogP contribution in [0.25, 0.3) is 0 Å². The summed E-state index contributed by atoms with van der Waals surface area (Å²) in [6.45, 7) is 2.34. The molecule has 0 aliphatic heterocycles. The first-order valence-electron chi connectivity index (χ1n) is 8.53. The third kappa shape index (κ3) is 3.74. The summed E-state index contributed by atoms with van der Waals surface area (Å²) < 4.78 is 10.8. The summed E-state index contributed by atoms with van der Waals surface area (Å²) in [5, 5.41) is 3.50. The molecular weight excluding hydrogens is 338 g/mol. The predicted molar refractivity (Wildman–Crippen MR) is 98.8 cm³/mol. The maximum absolute atomic E-state index is 12.7. The molecule has 0 fully saturated rings. The molecular formula is C20H22ClNO3. The first-order chi connectivity index (χ1) is 12.1. The molecule has 1 amide bonds. The van der Waals surface area contributed by atoms with Crippen LogP contribution in [0.2, 0.25) is 5.02 Å². The van der Waals surface area contributed by atoms with Crippen LogP contribution < -0.4 is 14.8 Å². The van der Waals surface area contributed by atoms with Gasteiger partial charge in [0.1, 0.15) is 0 Å². The van der Waals surface area contributed by atoms with Gasteiger partial charge in [0.2, 0.25) is 0 Å². The standard InChI is InChI=1S/C20H22ClNO3/c1-3-25-19-16(21)11-14(12-18(19)24-2)20(23)22-17-10-6-8-13-7-4-5-9-15(13)17/h4-5,7,9,11-12,17H,3,6,8,10H2,1-2H3,(H,22,23). The van der Waals surface area contributed by atoms with Crippen LogP contribution in [0.15, 0.2) is 36.4 Å². The lowest BCUT2D eigenvalue weighted by Crippen LogP contribution is -2.31. The van der Waals surface area contributed by atoms with E-state index in [0.29, 0.717) is 28.7 Å². The smallest absolute Gasteiger partial charge is 0.251 e. The number of hydrogen-bond donors (Lipinski definition) is 1. The number of fused-ring (bicyclic) bond motifs is 1. The lowest BCUT2D eigenvalue weighted by Gasteiger charge is -2.26. The zero-order chi connectivity index (χ0) is 17.8. The topological polar surface area (TPSA) is 47.6 Å². The fourth-order valence-electron chi connectivity index (χ4n) is 3.28. The Morgan fingerprint density at radius 1 is 1.32 bits per heavy atom. The second-order valence-electron chi connectivity index (χ2n) is 6.04. The molecule has 5 heteroatoms. The summed E-state index contributed by atoms with van der Waals surface area (Å²) in [4.78, 5) is 12.7. The fourth-order valence-corrected chi connectivity index (χ4v) is 3.55. The Labute approximate surface area is 153 Å². The summed E-state index contributed by atoms with van der Waals surface area (Å²) in [5.74, 6) is 0.764. The van der Waals surface area contributed by atoms with Crippen molar-refractivity contribution < 1.29 is 14.3 Å². The molecule has 1 N–H and O–H groups in total. The maximum atomic E-state index is 12.7. The van der Waals surface area contributed by atoms with Gasteiger partial charge in [0.15, 0.2) is 11.5 Å². The Morgan fingerprint density at radius 3 is 2.88 bits per heavy atom. The summed E-state index contributed by atoms with van der Waals surface area (Å²) in [5.41, 5.74) is 2.97. The Morgan fingerprint density at radius 2 is 2.12 bits per heavy atom. The van der Waals surface area contributed by atoms with Gasteiger partial charge in [-0.15, -0.1) is 0 Å². The molecule has 1 unspecified atom stereocenters. The van der Waals surface area contributed by atoms with Crippen molar-refractivity contribution >= 4 is 17.5 Å². The van der Waals surface area contributed by atoms with E-state index >= 15 is 0 Å². The number of carbonyl (C=O) groups is 1. The zero-order valence-electron chi connectivity index (χ0n) is 14.5. The predicted octanol–water partition coefficient (Wildman–Crippen LogP) is 4.55. The molecule has 0 saturated carbocycles. The SMILES string of the molecule is CCOc1c(Cl)cc(C(=O)NC2CCCc3ccccc32)cc1OC. The van der Waals surface area contributed by atoms with Crippen LogP contribution >= 0.6 is 11.6 Å². The Bertz CT molecular complexity index is 776. The molecule has 0 radical (unpaired) electrons. The molecule has 132 valence electrons. The lowest BCUT2D eigenvalue weighted by molar-refractivity contribution is 0.0932. The minimum Gasteiger partial charge on any atom is -0.493 e. The second-order valence-corrected chi connectivity index (χ2v) is 6.45. The van der Waals surface area contributed by atoms with Crippen molar-refractivity contribution in [3.05, 3.63) is 58.1 Å². The molecule has 0 saturated heterocycles. The van der Waals surface area contributed by atoms with Gasteiger partial charge in [-0.1, -0.05) is 35.9 Å². The number of aryl methyl sites for hydroxylation is 1.